The summed E-state index contributed by atoms with van der Waals surface area (Å²) in [5.74, 6) is 0.511. The van der Waals surface area contributed by atoms with E-state index in [0.29, 0.717) is 11.0 Å². The van der Waals surface area contributed by atoms with Crippen LogP contribution in [0, 0.1) is 17.2 Å². The highest BCUT2D eigenvalue weighted by atomic mass is 32.2. The van der Waals surface area contributed by atoms with Crippen molar-refractivity contribution in [1.29, 1.82) is 5.26 Å². The molecule has 2 aromatic heterocycles. The maximum atomic E-state index is 12.3. The Hall–Kier alpha value is -1.85. The first-order valence-corrected chi connectivity index (χ1v) is 8.98. The molecule has 1 amide bonds. The minimum absolute atomic E-state index is 0.0163. The number of aromatic nitrogens is 3. The zero-order valence-electron chi connectivity index (χ0n) is 13.5. The van der Waals surface area contributed by atoms with Crippen LogP contribution in [0.1, 0.15) is 27.7 Å². The van der Waals surface area contributed by atoms with E-state index in [1.807, 2.05) is 31.4 Å². The molecule has 0 spiro atoms. The van der Waals surface area contributed by atoms with Gasteiger partial charge in [-0.3, -0.25) is 9.89 Å². The van der Waals surface area contributed by atoms with Gasteiger partial charge < -0.3 is 5.32 Å². The summed E-state index contributed by atoms with van der Waals surface area (Å²) >= 11 is 2.83. The molecule has 0 saturated carbocycles. The van der Waals surface area contributed by atoms with Crippen LogP contribution in [0.15, 0.2) is 22.7 Å². The number of carbonyl (C=O) groups is 1. The van der Waals surface area contributed by atoms with Gasteiger partial charge in [-0.05, 0) is 31.2 Å². The van der Waals surface area contributed by atoms with Crippen LogP contribution < -0.4 is 5.32 Å². The summed E-state index contributed by atoms with van der Waals surface area (Å²) in [6.45, 7) is 7.32. The summed E-state index contributed by atoms with van der Waals surface area (Å²) in [5, 5.41) is 21.2. The minimum atomic E-state index is -0.882. The summed E-state index contributed by atoms with van der Waals surface area (Å²) in [7, 11) is 0. The Bertz CT molecular complexity index is 704. The van der Waals surface area contributed by atoms with E-state index in [-0.39, 0.29) is 11.8 Å². The highest BCUT2D eigenvalue weighted by molar-refractivity contribution is 8.00. The van der Waals surface area contributed by atoms with E-state index >= 15 is 0 Å². The number of nitriles is 1. The molecule has 0 aliphatic heterocycles. The van der Waals surface area contributed by atoms with Gasteiger partial charge in [0, 0.05) is 0 Å². The maximum absolute atomic E-state index is 12.3. The number of hydrogen-bond acceptors (Lipinski definition) is 6. The topological polar surface area (TPSA) is 94.5 Å². The smallest absolute Gasteiger partial charge is 0.234 e. The van der Waals surface area contributed by atoms with Crippen molar-refractivity contribution in [2.45, 2.75) is 43.6 Å². The zero-order chi connectivity index (χ0) is 17.0. The molecule has 2 N–H and O–H groups in total. The van der Waals surface area contributed by atoms with E-state index in [2.05, 4.69) is 26.6 Å². The number of H-pyrrole nitrogens is 1. The van der Waals surface area contributed by atoms with E-state index in [4.69, 9.17) is 0 Å². The Morgan fingerprint density at radius 2 is 2.26 bits per heavy atom. The lowest BCUT2D eigenvalue weighted by atomic mass is 9.90. The Labute approximate surface area is 143 Å². The number of nitrogens with zero attached hydrogens (tertiary/aromatic N) is 3. The van der Waals surface area contributed by atoms with Crippen LogP contribution in [0.5, 0.6) is 0 Å². The number of thiophene rings is 1. The third-order valence-electron chi connectivity index (χ3n) is 3.64. The third-order valence-corrected chi connectivity index (χ3v) is 5.48. The summed E-state index contributed by atoms with van der Waals surface area (Å²) in [6, 6.07) is 6.07. The standard InChI is InChI=1S/C15H19N5OS2/c1-9(2)15(4,8-16)18-13(21)10(3)23-14-17-12(19-20-14)11-6-5-7-22-11/h5-7,9-10H,1-4H3,(H,18,21)(H,17,19,20)/t10-,15-/m0/s1. The summed E-state index contributed by atoms with van der Waals surface area (Å²) in [5.41, 5.74) is -0.882. The lowest BCUT2D eigenvalue weighted by molar-refractivity contribution is -0.121. The molecule has 2 rings (SSSR count). The van der Waals surface area contributed by atoms with Gasteiger partial charge in [0.05, 0.1) is 16.2 Å². The van der Waals surface area contributed by atoms with Crippen LogP contribution in [0.25, 0.3) is 10.7 Å². The quantitative estimate of drug-likeness (QED) is 0.782. The van der Waals surface area contributed by atoms with Gasteiger partial charge in [0.1, 0.15) is 5.54 Å². The monoisotopic (exact) mass is 349 g/mol. The van der Waals surface area contributed by atoms with Gasteiger partial charge in [0.15, 0.2) is 5.82 Å². The molecular formula is C15H19N5OS2. The van der Waals surface area contributed by atoms with Crippen LogP contribution in [0.2, 0.25) is 0 Å². The zero-order valence-corrected chi connectivity index (χ0v) is 15.1. The van der Waals surface area contributed by atoms with Crippen molar-refractivity contribution >= 4 is 29.0 Å². The molecular weight excluding hydrogens is 330 g/mol. The van der Waals surface area contributed by atoms with Crippen molar-refractivity contribution in [3.8, 4) is 16.8 Å². The molecule has 122 valence electrons. The Kier molecular flexibility index (Phi) is 5.44. The van der Waals surface area contributed by atoms with E-state index in [9.17, 15) is 10.1 Å². The van der Waals surface area contributed by atoms with E-state index in [0.717, 1.165) is 4.88 Å². The highest BCUT2D eigenvalue weighted by Gasteiger charge is 2.32. The number of hydrogen-bond donors (Lipinski definition) is 2. The van der Waals surface area contributed by atoms with Gasteiger partial charge in [0.2, 0.25) is 11.1 Å². The molecule has 0 aliphatic carbocycles. The molecule has 2 atom stereocenters. The largest absolute Gasteiger partial charge is 0.337 e. The number of rotatable bonds is 6. The van der Waals surface area contributed by atoms with Gasteiger partial charge in [-0.2, -0.15) is 5.26 Å². The minimum Gasteiger partial charge on any atom is -0.337 e. The molecule has 0 unspecified atom stereocenters. The average molecular weight is 349 g/mol. The second-order valence-corrected chi connectivity index (χ2v) is 7.92. The van der Waals surface area contributed by atoms with Crippen molar-refractivity contribution in [2.75, 3.05) is 0 Å². The molecule has 8 heteroatoms. The number of nitrogens with one attached hydrogen (secondary N) is 2. The summed E-state index contributed by atoms with van der Waals surface area (Å²) in [6.07, 6.45) is 0. The Balaban J connectivity index is 2.00. The van der Waals surface area contributed by atoms with Crippen molar-refractivity contribution in [3.63, 3.8) is 0 Å². The van der Waals surface area contributed by atoms with E-state index in [1.165, 1.54) is 11.8 Å². The van der Waals surface area contributed by atoms with Crippen LogP contribution in [0.4, 0.5) is 0 Å². The molecule has 0 saturated heterocycles. The number of aromatic amines is 1. The normalized spacial score (nSPS) is 15.0. The molecule has 0 aliphatic rings. The molecule has 0 aromatic carbocycles. The number of amides is 1. The molecule has 6 nitrogen and oxygen atoms in total. The second-order valence-electron chi connectivity index (χ2n) is 5.66. The van der Waals surface area contributed by atoms with Crippen LogP contribution in [0.3, 0.4) is 0 Å². The fraction of sp³-hybridized carbons (Fsp3) is 0.467. The lowest BCUT2D eigenvalue weighted by Gasteiger charge is -2.28. The van der Waals surface area contributed by atoms with Gasteiger partial charge in [-0.15, -0.1) is 16.4 Å². The van der Waals surface area contributed by atoms with E-state index < -0.39 is 10.8 Å². The summed E-state index contributed by atoms with van der Waals surface area (Å²) < 4.78 is 0. The van der Waals surface area contributed by atoms with Crippen LogP contribution in [-0.2, 0) is 4.79 Å². The SMILES string of the molecule is CC(C)[C@](C)(C#N)NC(=O)[C@H](C)Sc1n[nH]c(-c2cccs2)n1. The van der Waals surface area contributed by atoms with E-state index in [1.54, 1.807) is 25.2 Å². The number of thioether (sulfide) groups is 1. The molecule has 0 fully saturated rings. The predicted octanol–water partition coefficient (Wildman–Crippen LogP) is 3.07. The third kappa shape index (κ3) is 4.12. The number of carbonyl (C=O) groups excluding carboxylic acids is 1. The van der Waals surface area contributed by atoms with Crippen molar-refractivity contribution in [1.82, 2.24) is 20.5 Å². The van der Waals surface area contributed by atoms with Crippen molar-refractivity contribution in [3.05, 3.63) is 17.5 Å². The van der Waals surface area contributed by atoms with Crippen molar-refractivity contribution in [2.24, 2.45) is 5.92 Å². The molecule has 23 heavy (non-hydrogen) atoms. The lowest BCUT2D eigenvalue weighted by Crippen LogP contribution is -2.51. The van der Waals surface area contributed by atoms with Gasteiger partial charge >= 0.3 is 0 Å². The van der Waals surface area contributed by atoms with Crippen LogP contribution in [-0.4, -0.2) is 31.9 Å². The molecule has 2 heterocycles. The maximum Gasteiger partial charge on any atom is 0.234 e. The van der Waals surface area contributed by atoms with Gasteiger partial charge in [-0.1, -0.05) is 31.7 Å². The summed E-state index contributed by atoms with van der Waals surface area (Å²) in [4.78, 5) is 17.7. The second kappa shape index (κ2) is 7.15. The first-order valence-electron chi connectivity index (χ1n) is 7.22. The predicted molar refractivity (Wildman–Crippen MR) is 92.0 cm³/mol. The first-order chi connectivity index (χ1) is 10.9. The highest BCUT2D eigenvalue weighted by Crippen LogP contribution is 2.26. The Morgan fingerprint density at radius 3 is 2.83 bits per heavy atom. The van der Waals surface area contributed by atoms with Crippen molar-refractivity contribution < 1.29 is 4.79 Å². The Morgan fingerprint density at radius 1 is 1.52 bits per heavy atom. The molecule has 2 aromatic rings. The fourth-order valence-electron chi connectivity index (χ4n) is 1.69. The molecule has 0 radical (unpaired) electrons. The van der Waals surface area contributed by atoms with Gasteiger partial charge in [0.25, 0.3) is 0 Å². The van der Waals surface area contributed by atoms with Crippen LogP contribution >= 0.6 is 23.1 Å². The van der Waals surface area contributed by atoms with Gasteiger partial charge in [-0.25, -0.2) is 4.98 Å². The fourth-order valence-corrected chi connectivity index (χ4v) is 3.08. The molecule has 0 bridgehead atoms. The first kappa shape index (κ1) is 17.5. The average Bonchev–Trinajstić information content (AvgIpc) is 3.17.